The molecule has 4 rings (SSSR count). The largest absolute Gasteiger partial charge is 0.490 e. The standard InChI is InChI=1S/C21H24N4O2.C2HF3O2.CH4/c22-20(27)18-5-3-4-15-12-25(24-19(15)18)17-8-6-16(7-9-17)23-13-21(14-26)10-1-2-11-21;3-2(4,5)1(6)7;/h3-9,12,23,26H,1-2,10-11,13-14H2,(H2,22,27);(H,6,7);1H4. The first-order valence-corrected chi connectivity index (χ1v) is 10.6. The molecule has 11 heteroatoms. The van der Waals surface area contributed by atoms with Crippen LogP contribution in [0.5, 0.6) is 0 Å². The SMILES string of the molecule is C.NC(=O)c1cccc2cn(-c3ccc(NCC4(CO)CCCC4)cc3)nc12.O=C(O)C(F)(F)F. The Morgan fingerprint density at radius 3 is 2.23 bits per heavy atom. The lowest BCUT2D eigenvalue weighted by Gasteiger charge is -2.27. The number of carbonyl (C=O) groups is 2. The molecule has 0 atom stereocenters. The summed E-state index contributed by atoms with van der Waals surface area (Å²) in [6.45, 7) is 1.02. The van der Waals surface area contributed by atoms with Crippen LogP contribution < -0.4 is 11.1 Å². The van der Waals surface area contributed by atoms with E-state index in [1.807, 2.05) is 42.6 Å². The average molecular weight is 495 g/mol. The van der Waals surface area contributed by atoms with Crippen LogP contribution in [-0.2, 0) is 4.79 Å². The molecule has 0 saturated heterocycles. The quantitative estimate of drug-likeness (QED) is 0.403. The Morgan fingerprint density at radius 2 is 1.71 bits per heavy atom. The fourth-order valence-electron chi connectivity index (χ4n) is 3.91. The second-order valence-corrected chi connectivity index (χ2v) is 8.25. The Bertz CT molecular complexity index is 1150. The lowest BCUT2D eigenvalue weighted by atomic mass is 9.87. The van der Waals surface area contributed by atoms with Crippen molar-refractivity contribution in [2.45, 2.75) is 39.3 Å². The molecule has 0 unspecified atom stereocenters. The maximum atomic E-state index is 11.6. The fourth-order valence-corrected chi connectivity index (χ4v) is 3.91. The minimum Gasteiger partial charge on any atom is -0.475 e. The summed E-state index contributed by atoms with van der Waals surface area (Å²) in [5.41, 5.74) is 8.42. The first-order chi connectivity index (χ1) is 16.0. The molecule has 8 nitrogen and oxygen atoms in total. The number of carbonyl (C=O) groups excluding carboxylic acids is 1. The number of primary amides is 1. The molecule has 1 saturated carbocycles. The van der Waals surface area contributed by atoms with Crippen molar-refractivity contribution in [3.8, 4) is 5.69 Å². The van der Waals surface area contributed by atoms with Crippen molar-refractivity contribution in [2.75, 3.05) is 18.5 Å². The number of nitrogens with zero attached hydrogens (tertiary/aromatic N) is 2. The van der Waals surface area contributed by atoms with Gasteiger partial charge in [0.05, 0.1) is 17.9 Å². The summed E-state index contributed by atoms with van der Waals surface area (Å²) >= 11 is 0. The average Bonchev–Trinajstić information content (AvgIpc) is 3.45. The molecule has 1 fully saturated rings. The highest BCUT2D eigenvalue weighted by Gasteiger charge is 2.38. The summed E-state index contributed by atoms with van der Waals surface area (Å²) in [4.78, 5) is 20.5. The molecule has 0 aliphatic heterocycles. The number of aliphatic carboxylic acids is 1. The van der Waals surface area contributed by atoms with Crippen LogP contribution in [0.3, 0.4) is 0 Å². The van der Waals surface area contributed by atoms with E-state index in [0.717, 1.165) is 36.1 Å². The van der Waals surface area contributed by atoms with E-state index in [1.54, 1.807) is 10.7 Å². The second kappa shape index (κ2) is 11.2. The van der Waals surface area contributed by atoms with E-state index in [-0.39, 0.29) is 19.4 Å². The normalized spacial score (nSPS) is 14.5. The molecule has 1 aliphatic rings. The summed E-state index contributed by atoms with van der Waals surface area (Å²) in [5.74, 6) is -3.23. The summed E-state index contributed by atoms with van der Waals surface area (Å²) in [6.07, 6.45) is 1.36. The lowest BCUT2D eigenvalue weighted by molar-refractivity contribution is -0.192. The van der Waals surface area contributed by atoms with Gasteiger partial charge in [-0.05, 0) is 43.2 Å². The van der Waals surface area contributed by atoms with Crippen molar-refractivity contribution in [1.82, 2.24) is 9.78 Å². The molecule has 1 heterocycles. The molecule has 2 aromatic carbocycles. The number of halogens is 3. The number of anilines is 1. The highest BCUT2D eigenvalue weighted by molar-refractivity contribution is 6.04. The van der Waals surface area contributed by atoms with Gasteiger partial charge < -0.3 is 21.3 Å². The summed E-state index contributed by atoms with van der Waals surface area (Å²) in [7, 11) is 0. The number of alkyl halides is 3. The van der Waals surface area contributed by atoms with E-state index in [4.69, 9.17) is 15.6 Å². The van der Waals surface area contributed by atoms with Gasteiger partial charge in [0, 0.05) is 29.2 Å². The molecule has 0 spiro atoms. The van der Waals surface area contributed by atoms with Gasteiger partial charge in [-0.1, -0.05) is 32.4 Å². The molecule has 1 aliphatic carbocycles. The predicted molar refractivity (Wildman–Crippen MR) is 126 cm³/mol. The summed E-state index contributed by atoms with van der Waals surface area (Å²) in [6, 6.07) is 13.4. The molecular formula is C24H29F3N4O4. The van der Waals surface area contributed by atoms with Gasteiger partial charge in [-0.3, -0.25) is 4.79 Å². The number of nitrogens with two attached hydrogens (primary N) is 1. The third-order valence-corrected chi connectivity index (χ3v) is 5.84. The highest BCUT2D eigenvalue weighted by atomic mass is 19.4. The molecule has 190 valence electrons. The van der Waals surface area contributed by atoms with Crippen LogP contribution in [0.4, 0.5) is 18.9 Å². The van der Waals surface area contributed by atoms with E-state index >= 15 is 0 Å². The van der Waals surface area contributed by atoms with Crippen LogP contribution in [0.2, 0.25) is 0 Å². The van der Waals surface area contributed by atoms with Gasteiger partial charge in [-0.15, -0.1) is 0 Å². The van der Waals surface area contributed by atoms with Crippen LogP contribution in [0, 0.1) is 5.41 Å². The van der Waals surface area contributed by atoms with E-state index in [1.165, 1.54) is 12.8 Å². The first kappa shape index (κ1) is 27.6. The molecule has 35 heavy (non-hydrogen) atoms. The van der Waals surface area contributed by atoms with Gasteiger partial charge in [0.2, 0.25) is 0 Å². The topological polar surface area (TPSA) is 130 Å². The number of carboxylic acid groups (broad SMARTS) is 1. The molecular weight excluding hydrogens is 465 g/mol. The number of hydrogen-bond acceptors (Lipinski definition) is 5. The zero-order chi connectivity index (χ0) is 24.9. The van der Waals surface area contributed by atoms with Crippen LogP contribution in [0.1, 0.15) is 43.5 Å². The fraction of sp³-hybridized carbons (Fsp3) is 0.375. The summed E-state index contributed by atoms with van der Waals surface area (Å²) in [5, 5.41) is 25.7. The first-order valence-electron chi connectivity index (χ1n) is 10.6. The lowest BCUT2D eigenvalue weighted by Crippen LogP contribution is -2.30. The highest BCUT2D eigenvalue weighted by Crippen LogP contribution is 2.37. The van der Waals surface area contributed by atoms with Crippen molar-refractivity contribution >= 4 is 28.5 Å². The van der Waals surface area contributed by atoms with Crippen molar-refractivity contribution in [3.05, 3.63) is 54.2 Å². The van der Waals surface area contributed by atoms with Gasteiger partial charge >= 0.3 is 12.1 Å². The number of hydrogen-bond donors (Lipinski definition) is 4. The Kier molecular flexibility index (Phi) is 8.86. The Hall–Kier alpha value is -3.60. The number of fused-ring (bicyclic) bond motifs is 1. The molecule has 1 aromatic heterocycles. The van der Waals surface area contributed by atoms with E-state index < -0.39 is 18.1 Å². The number of amides is 1. The zero-order valence-electron chi connectivity index (χ0n) is 18.2. The second-order valence-electron chi connectivity index (χ2n) is 8.25. The van der Waals surface area contributed by atoms with Crippen molar-refractivity contribution in [1.29, 1.82) is 0 Å². The van der Waals surface area contributed by atoms with Crippen LogP contribution in [0.25, 0.3) is 16.6 Å². The van der Waals surface area contributed by atoms with Gasteiger partial charge in [-0.25, -0.2) is 9.48 Å². The Morgan fingerprint density at radius 1 is 1.11 bits per heavy atom. The van der Waals surface area contributed by atoms with Crippen molar-refractivity contribution in [2.24, 2.45) is 11.1 Å². The molecule has 5 N–H and O–H groups in total. The number of nitrogens with one attached hydrogen (secondary N) is 1. The van der Waals surface area contributed by atoms with Gasteiger partial charge in [0.1, 0.15) is 5.52 Å². The number of benzene rings is 2. The van der Waals surface area contributed by atoms with Crippen molar-refractivity contribution in [3.63, 3.8) is 0 Å². The predicted octanol–water partition coefficient (Wildman–Crippen LogP) is 4.36. The summed E-state index contributed by atoms with van der Waals surface area (Å²) < 4.78 is 33.5. The number of rotatable bonds is 6. The molecule has 3 aromatic rings. The van der Waals surface area contributed by atoms with Crippen molar-refractivity contribution < 1.29 is 33.0 Å². The minimum atomic E-state index is -5.08. The number of aromatic nitrogens is 2. The third-order valence-electron chi connectivity index (χ3n) is 5.84. The molecule has 0 radical (unpaired) electrons. The Balaban J connectivity index is 0.000000476. The zero-order valence-corrected chi connectivity index (χ0v) is 18.2. The van der Waals surface area contributed by atoms with Crippen LogP contribution >= 0.6 is 0 Å². The van der Waals surface area contributed by atoms with E-state index in [9.17, 15) is 23.1 Å². The smallest absolute Gasteiger partial charge is 0.475 e. The van der Waals surface area contributed by atoms with Gasteiger partial charge in [0.15, 0.2) is 0 Å². The maximum absolute atomic E-state index is 11.6. The van der Waals surface area contributed by atoms with Crippen LogP contribution in [-0.4, -0.2) is 51.2 Å². The van der Waals surface area contributed by atoms with Gasteiger partial charge in [-0.2, -0.15) is 18.3 Å². The van der Waals surface area contributed by atoms with E-state index in [0.29, 0.717) is 11.1 Å². The number of carboxylic acids is 1. The number of aliphatic hydroxyl groups is 1. The Labute approximate surface area is 200 Å². The number of aliphatic hydroxyl groups excluding tert-OH is 1. The third kappa shape index (κ3) is 6.72. The molecule has 1 amide bonds. The monoisotopic (exact) mass is 494 g/mol. The maximum Gasteiger partial charge on any atom is 0.490 e. The van der Waals surface area contributed by atoms with E-state index in [2.05, 4.69) is 10.4 Å². The molecule has 0 bridgehead atoms. The van der Waals surface area contributed by atoms with Crippen LogP contribution in [0.15, 0.2) is 48.7 Å². The minimum absolute atomic E-state index is 0. The van der Waals surface area contributed by atoms with Gasteiger partial charge in [0.25, 0.3) is 5.91 Å².